The highest BCUT2D eigenvalue weighted by Gasteiger charge is 2.48. The van der Waals surface area contributed by atoms with Crippen molar-refractivity contribution in [1.29, 1.82) is 0 Å². The Morgan fingerprint density at radius 1 is 1.26 bits per heavy atom. The molecule has 0 saturated carbocycles. The van der Waals surface area contributed by atoms with Crippen molar-refractivity contribution in [2.75, 3.05) is 0 Å². The van der Waals surface area contributed by atoms with Gasteiger partial charge in [-0.3, -0.25) is 0 Å². The Morgan fingerprint density at radius 2 is 1.95 bits per heavy atom. The smallest absolute Gasteiger partial charge is 0.0877 e. The maximum absolute atomic E-state index is 6.11. The van der Waals surface area contributed by atoms with Crippen LogP contribution in [0, 0.1) is 12.3 Å². The van der Waals surface area contributed by atoms with Gasteiger partial charge in [-0.2, -0.15) is 0 Å². The first-order valence-corrected chi connectivity index (χ1v) is 8.69. The number of allylic oxidation sites excluding steroid dienone is 1. The van der Waals surface area contributed by atoms with Gasteiger partial charge in [0.2, 0.25) is 0 Å². The van der Waals surface area contributed by atoms with Crippen LogP contribution in [0.5, 0.6) is 0 Å². The van der Waals surface area contributed by atoms with Crippen molar-refractivity contribution in [3.05, 3.63) is 12.2 Å². The summed E-state index contributed by atoms with van der Waals surface area (Å²) in [5, 5.41) is 0. The van der Waals surface area contributed by atoms with Gasteiger partial charge in [0.15, 0.2) is 0 Å². The second kappa shape index (κ2) is 7.26. The zero-order chi connectivity index (χ0) is 13.8. The van der Waals surface area contributed by atoms with Gasteiger partial charge in [-0.15, -0.1) is 6.42 Å². The third-order valence-corrected chi connectivity index (χ3v) is 6.82. The predicted molar refractivity (Wildman–Crippen MR) is 84.9 cm³/mol. The molecule has 2 aliphatic heterocycles. The first-order chi connectivity index (χ1) is 9.15. The maximum Gasteiger partial charge on any atom is 0.0877 e. The summed E-state index contributed by atoms with van der Waals surface area (Å²) in [6.45, 7) is 2.18. The molecule has 0 aromatic carbocycles. The Kier molecular flexibility index (Phi) is 5.95. The fraction of sp³-hybridized carbons (Fsp3) is 0.733. The van der Waals surface area contributed by atoms with Crippen molar-refractivity contribution in [3.8, 4) is 12.3 Å². The first-order valence-electron chi connectivity index (χ1n) is 6.85. The van der Waals surface area contributed by atoms with E-state index in [1.165, 1.54) is 0 Å². The van der Waals surface area contributed by atoms with Gasteiger partial charge in [-0.1, -0.05) is 50.8 Å². The summed E-state index contributed by atoms with van der Waals surface area (Å²) in [6, 6.07) is 0. The molecule has 2 aliphatic rings. The summed E-state index contributed by atoms with van der Waals surface area (Å²) >= 11 is 7.42. The molecule has 0 aromatic rings. The molecule has 2 saturated heterocycles. The van der Waals surface area contributed by atoms with E-state index in [-0.39, 0.29) is 24.4 Å². The minimum Gasteiger partial charge on any atom is -0.369 e. The first kappa shape index (κ1) is 15.6. The van der Waals surface area contributed by atoms with Crippen LogP contribution in [-0.4, -0.2) is 34.1 Å². The van der Waals surface area contributed by atoms with E-state index in [0.29, 0.717) is 9.65 Å². The second-order valence-electron chi connectivity index (χ2n) is 5.14. The van der Waals surface area contributed by atoms with E-state index in [0.717, 1.165) is 25.7 Å². The minimum atomic E-state index is 0.186. The molecule has 6 unspecified atom stereocenters. The summed E-state index contributed by atoms with van der Waals surface area (Å²) in [6.07, 6.45) is 13.8. The molecule has 4 heteroatoms. The lowest BCUT2D eigenvalue weighted by Crippen LogP contribution is -2.37. The van der Waals surface area contributed by atoms with E-state index < -0.39 is 0 Å². The highest BCUT2D eigenvalue weighted by Crippen LogP contribution is 2.39. The molecule has 0 radical (unpaired) electrons. The van der Waals surface area contributed by atoms with Gasteiger partial charge in [0.25, 0.3) is 0 Å². The summed E-state index contributed by atoms with van der Waals surface area (Å²) < 4.78 is 12.2. The van der Waals surface area contributed by atoms with Crippen molar-refractivity contribution in [2.24, 2.45) is 0 Å². The molecule has 0 spiro atoms. The summed E-state index contributed by atoms with van der Waals surface area (Å²) in [7, 11) is 0. The largest absolute Gasteiger partial charge is 0.369 e. The number of hydrogen-bond acceptors (Lipinski definition) is 2. The van der Waals surface area contributed by atoms with Crippen LogP contribution in [0.3, 0.4) is 0 Å². The average Bonchev–Trinajstić information content (AvgIpc) is 2.97. The molecule has 2 bridgehead atoms. The van der Waals surface area contributed by atoms with Gasteiger partial charge in [-0.05, 0) is 25.3 Å². The normalized spacial score (nSPS) is 36.5. The van der Waals surface area contributed by atoms with Crippen LogP contribution in [-0.2, 0) is 9.47 Å². The molecule has 0 aliphatic carbocycles. The van der Waals surface area contributed by atoms with Crippen LogP contribution >= 0.6 is 31.9 Å². The summed E-state index contributed by atoms with van der Waals surface area (Å²) in [4.78, 5) is 0.926. The number of terminal acetylenes is 1. The molecular formula is C15H20Br2O2. The fourth-order valence-corrected chi connectivity index (χ4v) is 3.71. The van der Waals surface area contributed by atoms with Gasteiger partial charge in [0.1, 0.15) is 0 Å². The molecule has 19 heavy (non-hydrogen) atoms. The maximum atomic E-state index is 6.11. The monoisotopic (exact) mass is 390 g/mol. The van der Waals surface area contributed by atoms with Crippen molar-refractivity contribution >= 4 is 31.9 Å². The third kappa shape index (κ3) is 3.85. The highest BCUT2D eigenvalue weighted by atomic mass is 79.9. The van der Waals surface area contributed by atoms with Gasteiger partial charge >= 0.3 is 0 Å². The Balaban J connectivity index is 1.79. The van der Waals surface area contributed by atoms with E-state index in [1.54, 1.807) is 6.08 Å². The zero-order valence-electron chi connectivity index (χ0n) is 11.1. The van der Waals surface area contributed by atoms with Crippen LogP contribution in [0.1, 0.15) is 32.6 Å². The SMILES string of the molecule is C#CC=CCC1OC2CC1OC2CC(Br)C(Br)CC. The standard InChI is InChI=1S/C15H20Br2O2/c1-3-5-6-7-12-14-9-15(18-12)13(19-14)8-11(17)10(16)4-2/h1,5-6,10-15H,4,7-9H2,2H3. The fourth-order valence-electron chi connectivity index (χ4n) is 2.75. The third-order valence-electron chi connectivity index (χ3n) is 3.82. The van der Waals surface area contributed by atoms with Crippen LogP contribution in [0.2, 0.25) is 0 Å². The minimum absolute atomic E-state index is 0.186. The molecule has 106 valence electrons. The van der Waals surface area contributed by atoms with Crippen molar-refractivity contribution in [2.45, 2.75) is 66.7 Å². The molecule has 0 N–H and O–H groups in total. The zero-order valence-corrected chi connectivity index (χ0v) is 14.3. The molecule has 2 fully saturated rings. The average molecular weight is 392 g/mol. The van der Waals surface area contributed by atoms with E-state index in [9.17, 15) is 0 Å². The van der Waals surface area contributed by atoms with Crippen molar-refractivity contribution in [3.63, 3.8) is 0 Å². The Hall–Kier alpha value is 0.180. The topological polar surface area (TPSA) is 18.5 Å². The summed E-state index contributed by atoms with van der Waals surface area (Å²) in [5.41, 5.74) is 0. The quantitative estimate of drug-likeness (QED) is 0.506. The van der Waals surface area contributed by atoms with Crippen molar-refractivity contribution < 1.29 is 9.47 Å². The van der Waals surface area contributed by atoms with Crippen LogP contribution in [0.25, 0.3) is 0 Å². The van der Waals surface area contributed by atoms with E-state index in [4.69, 9.17) is 15.9 Å². The van der Waals surface area contributed by atoms with Gasteiger partial charge in [0.05, 0.1) is 24.4 Å². The Labute approximate surface area is 132 Å². The number of rotatable bonds is 6. The number of hydrogen-bond donors (Lipinski definition) is 0. The number of halogens is 2. The summed E-state index contributed by atoms with van der Waals surface area (Å²) in [5.74, 6) is 2.50. The predicted octanol–water partition coefficient (Wildman–Crippen LogP) is 3.82. The van der Waals surface area contributed by atoms with Crippen molar-refractivity contribution in [1.82, 2.24) is 0 Å². The molecular weight excluding hydrogens is 372 g/mol. The molecule has 2 rings (SSSR count). The Morgan fingerprint density at radius 3 is 2.53 bits per heavy atom. The number of ether oxygens (including phenoxy) is 2. The van der Waals surface area contributed by atoms with Gasteiger partial charge in [-0.25, -0.2) is 0 Å². The van der Waals surface area contributed by atoms with E-state index in [1.807, 2.05) is 6.08 Å². The van der Waals surface area contributed by atoms with E-state index in [2.05, 4.69) is 44.7 Å². The van der Waals surface area contributed by atoms with Crippen LogP contribution in [0.15, 0.2) is 12.2 Å². The highest BCUT2D eigenvalue weighted by molar-refractivity contribution is 9.12. The molecule has 0 aromatic heterocycles. The number of alkyl halides is 2. The second-order valence-corrected chi connectivity index (χ2v) is 7.49. The molecule has 2 heterocycles. The van der Waals surface area contributed by atoms with Crippen LogP contribution in [0.4, 0.5) is 0 Å². The van der Waals surface area contributed by atoms with E-state index >= 15 is 0 Å². The van der Waals surface area contributed by atoms with Crippen LogP contribution < -0.4 is 0 Å². The number of fused-ring (bicyclic) bond motifs is 2. The van der Waals surface area contributed by atoms with Gasteiger partial charge < -0.3 is 9.47 Å². The van der Waals surface area contributed by atoms with Gasteiger partial charge in [0, 0.05) is 16.1 Å². The Bertz CT molecular complexity index is 364. The lowest BCUT2D eigenvalue weighted by molar-refractivity contribution is -0.137. The molecule has 0 amide bonds. The lowest BCUT2D eigenvalue weighted by Gasteiger charge is -2.30. The molecule has 2 nitrogen and oxygen atoms in total. The lowest BCUT2D eigenvalue weighted by atomic mass is 10.1. The molecule has 6 atom stereocenters.